The highest BCUT2D eigenvalue weighted by Gasteiger charge is 2.53. The van der Waals surface area contributed by atoms with Crippen LogP contribution in [0.15, 0.2) is 29.2 Å². The van der Waals surface area contributed by atoms with E-state index >= 15 is 0 Å². The highest BCUT2D eigenvalue weighted by molar-refractivity contribution is 7.90. The van der Waals surface area contributed by atoms with E-state index in [2.05, 4.69) is 0 Å². The molecule has 6 heteroatoms. The summed E-state index contributed by atoms with van der Waals surface area (Å²) in [7, 11) is -3.22. The second-order valence-electron chi connectivity index (χ2n) is 7.03. The van der Waals surface area contributed by atoms with Crippen molar-refractivity contribution in [1.29, 1.82) is 0 Å². The molecule has 1 aliphatic heterocycles. The lowest BCUT2D eigenvalue weighted by Crippen LogP contribution is -2.40. The Morgan fingerprint density at radius 2 is 1.91 bits per heavy atom. The van der Waals surface area contributed by atoms with Crippen LogP contribution in [-0.2, 0) is 21.1 Å². The Hall–Kier alpha value is -1.40. The van der Waals surface area contributed by atoms with Crippen molar-refractivity contribution in [2.24, 2.45) is 11.8 Å². The van der Waals surface area contributed by atoms with Crippen LogP contribution in [0.25, 0.3) is 0 Å². The monoisotopic (exact) mass is 337 g/mol. The maximum absolute atomic E-state index is 12.5. The van der Waals surface area contributed by atoms with Gasteiger partial charge in [0.05, 0.1) is 16.9 Å². The molecule has 0 unspecified atom stereocenters. The third-order valence-corrected chi connectivity index (χ3v) is 6.26. The van der Waals surface area contributed by atoms with Gasteiger partial charge in [-0.3, -0.25) is 4.79 Å². The molecule has 0 spiro atoms. The predicted octanol–water partition coefficient (Wildman–Crippen LogP) is 1.25. The molecule has 0 aromatic heterocycles. The molecule has 1 aliphatic carbocycles. The van der Waals surface area contributed by atoms with Crippen LogP contribution in [0, 0.1) is 11.8 Å². The number of likely N-dealkylation sites (tertiary alicyclic amines) is 1. The van der Waals surface area contributed by atoms with Gasteiger partial charge in [-0.1, -0.05) is 19.1 Å². The van der Waals surface area contributed by atoms with E-state index in [0.717, 1.165) is 24.7 Å². The van der Waals surface area contributed by atoms with E-state index < -0.39 is 15.4 Å². The van der Waals surface area contributed by atoms with E-state index in [0.29, 0.717) is 19.0 Å². The molecule has 0 bridgehead atoms. The summed E-state index contributed by atoms with van der Waals surface area (Å²) in [6.45, 7) is 3.01. The van der Waals surface area contributed by atoms with Crippen molar-refractivity contribution in [2.75, 3.05) is 19.3 Å². The zero-order valence-corrected chi connectivity index (χ0v) is 14.3. The first-order valence-electron chi connectivity index (χ1n) is 7.99. The smallest absolute Gasteiger partial charge is 0.227 e. The first-order valence-corrected chi connectivity index (χ1v) is 9.88. The summed E-state index contributed by atoms with van der Waals surface area (Å²) in [5.74, 6) is 0.427. The minimum Gasteiger partial charge on any atom is -0.387 e. The lowest BCUT2D eigenvalue weighted by Gasteiger charge is -2.26. The molecule has 2 atom stereocenters. The Kier molecular flexibility index (Phi) is 4.01. The molecule has 1 saturated carbocycles. The molecule has 3 rings (SSSR count). The summed E-state index contributed by atoms with van der Waals surface area (Å²) in [4.78, 5) is 14.5. The van der Waals surface area contributed by atoms with Crippen molar-refractivity contribution < 1.29 is 18.3 Å². The summed E-state index contributed by atoms with van der Waals surface area (Å²) in [6.07, 6.45) is 3.50. The maximum Gasteiger partial charge on any atom is 0.227 e. The normalized spacial score (nSPS) is 28.1. The van der Waals surface area contributed by atoms with Crippen LogP contribution in [0.4, 0.5) is 0 Å². The largest absolute Gasteiger partial charge is 0.387 e. The van der Waals surface area contributed by atoms with Crippen LogP contribution in [-0.4, -0.2) is 49.3 Å². The number of rotatable bonds is 4. The molecule has 1 aromatic rings. The van der Waals surface area contributed by atoms with Gasteiger partial charge in [-0.15, -0.1) is 0 Å². The van der Waals surface area contributed by atoms with E-state index in [1.54, 1.807) is 17.0 Å². The molecule has 1 N–H and O–H groups in total. The zero-order chi connectivity index (χ0) is 16.8. The number of nitrogens with zero attached hydrogens (tertiary/aromatic N) is 1. The Morgan fingerprint density at radius 3 is 2.43 bits per heavy atom. The Labute approximate surface area is 137 Å². The van der Waals surface area contributed by atoms with Gasteiger partial charge in [-0.25, -0.2) is 8.42 Å². The fourth-order valence-electron chi connectivity index (χ4n) is 3.46. The van der Waals surface area contributed by atoms with Crippen molar-refractivity contribution in [3.63, 3.8) is 0 Å². The summed E-state index contributed by atoms with van der Waals surface area (Å²) in [5.41, 5.74) is 0.0624. The van der Waals surface area contributed by atoms with E-state index in [1.165, 1.54) is 12.1 Å². The predicted molar refractivity (Wildman–Crippen MR) is 86.7 cm³/mol. The molecule has 2 fully saturated rings. The van der Waals surface area contributed by atoms with E-state index in [1.807, 2.05) is 6.92 Å². The van der Waals surface area contributed by atoms with E-state index in [9.17, 15) is 18.3 Å². The van der Waals surface area contributed by atoms with Crippen molar-refractivity contribution in [2.45, 2.75) is 36.7 Å². The quantitative estimate of drug-likeness (QED) is 0.897. The van der Waals surface area contributed by atoms with Gasteiger partial charge in [0, 0.05) is 25.3 Å². The molecule has 1 aromatic carbocycles. The minimum atomic E-state index is -3.22. The molecular weight excluding hydrogens is 314 g/mol. The fraction of sp³-hybridized carbons (Fsp3) is 0.588. The number of hydrogen-bond acceptors (Lipinski definition) is 4. The van der Waals surface area contributed by atoms with Crippen molar-refractivity contribution in [1.82, 2.24) is 4.90 Å². The van der Waals surface area contributed by atoms with Gasteiger partial charge in [-0.05, 0) is 36.5 Å². The number of carbonyl (C=O) groups is 1. The molecule has 5 nitrogen and oxygen atoms in total. The second kappa shape index (κ2) is 5.60. The van der Waals surface area contributed by atoms with Crippen molar-refractivity contribution in [3.05, 3.63) is 29.8 Å². The van der Waals surface area contributed by atoms with Gasteiger partial charge in [-0.2, -0.15) is 0 Å². The highest BCUT2D eigenvalue weighted by atomic mass is 32.2. The molecule has 126 valence electrons. The van der Waals surface area contributed by atoms with Crippen molar-refractivity contribution in [3.8, 4) is 0 Å². The number of β-amino-alcohol motifs (C(OH)–C–C–N with tert-alkyl or cyclic N) is 1. The lowest BCUT2D eigenvalue weighted by atomic mass is 9.88. The van der Waals surface area contributed by atoms with Crippen LogP contribution in [0.2, 0.25) is 0 Å². The number of carbonyl (C=O) groups excluding carboxylic acids is 1. The van der Waals surface area contributed by atoms with E-state index in [-0.39, 0.29) is 23.1 Å². The summed E-state index contributed by atoms with van der Waals surface area (Å²) >= 11 is 0. The first-order chi connectivity index (χ1) is 10.7. The maximum atomic E-state index is 12.5. The third-order valence-electron chi connectivity index (χ3n) is 5.14. The van der Waals surface area contributed by atoms with Crippen LogP contribution < -0.4 is 0 Å². The lowest BCUT2D eigenvalue weighted by molar-refractivity contribution is -0.130. The molecular formula is C17H23NO4S. The van der Waals surface area contributed by atoms with Gasteiger partial charge in [0.15, 0.2) is 9.84 Å². The van der Waals surface area contributed by atoms with Crippen LogP contribution in [0.3, 0.4) is 0 Å². The number of sulfone groups is 1. The standard InChI is InChI=1S/C17H23NO4S/c1-12-10-18(11-17(12,20)14-5-6-14)16(19)9-13-3-7-15(8-4-13)23(2,21)22/h3-4,7-8,12,14,20H,5-6,9-11H2,1-2H3/t12-,17+/m1/s1. The molecule has 1 amide bonds. The summed E-state index contributed by atoms with van der Waals surface area (Å²) < 4.78 is 22.9. The SMILES string of the molecule is C[C@@H]1CN(C(=O)Cc2ccc(S(C)(=O)=O)cc2)C[C@@]1(O)C1CC1. The molecule has 1 saturated heterocycles. The molecule has 2 aliphatic rings. The average molecular weight is 337 g/mol. The van der Waals surface area contributed by atoms with Gasteiger partial charge in [0.2, 0.25) is 5.91 Å². The highest BCUT2D eigenvalue weighted by Crippen LogP contribution is 2.47. The third kappa shape index (κ3) is 3.28. The number of benzene rings is 1. The van der Waals surface area contributed by atoms with Gasteiger partial charge in [0.25, 0.3) is 0 Å². The summed E-state index contributed by atoms with van der Waals surface area (Å²) in [6, 6.07) is 6.43. The van der Waals surface area contributed by atoms with Crippen LogP contribution in [0.5, 0.6) is 0 Å². The summed E-state index contributed by atoms with van der Waals surface area (Å²) in [5, 5.41) is 10.8. The first kappa shape index (κ1) is 16.5. The average Bonchev–Trinajstić information content (AvgIpc) is 3.27. The van der Waals surface area contributed by atoms with Gasteiger partial charge in [0.1, 0.15) is 0 Å². The number of amides is 1. The van der Waals surface area contributed by atoms with Crippen LogP contribution in [0.1, 0.15) is 25.3 Å². The Balaban J connectivity index is 1.66. The van der Waals surface area contributed by atoms with E-state index in [4.69, 9.17) is 0 Å². The topological polar surface area (TPSA) is 74.7 Å². The minimum absolute atomic E-state index is 0.0134. The zero-order valence-electron chi connectivity index (χ0n) is 13.5. The van der Waals surface area contributed by atoms with Crippen LogP contribution >= 0.6 is 0 Å². The fourth-order valence-corrected chi connectivity index (χ4v) is 4.09. The number of hydrogen-bond donors (Lipinski definition) is 1. The van der Waals surface area contributed by atoms with Gasteiger partial charge < -0.3 is 10.0 Å². The molecule has 1 heterocycles. The Morgan fingerprint density at radius 1 is 1.30 bits per heavy atom. The second-order valence-corrected chi connectivity index (χ2v) is 9.05. The number of aliphatic hydroxyl groups is 1. The molecule has 0 radical (unpaired) electrons. The van der Waals surface area contributed by atoms with Crippen molar-refractivity contribution >= 4 is 15.7 Å². The molecule has 23 heavy (non-hydrogen) atoms. The van der Waals surface area contributed by atoms with Gasteiger partial charge >= 0.3 is 0 Å². The Bertz CT molecular complexity index is 709.